The fourth-order valence-corrected chi connectivity index (χ4v) is 1.72. The lowest BCUT2D eigenvalue weighted by Crippen LogP contribution is -2.23. The first-order valence-corrected chi connectivity index (χ1v) is 6.25. The zero-order valence-electron chi connectivity index (χ0n) is 11.3. The Balaban J connectivity index is 2.18. The van der Waals surface area contributed by atoms with Crippen LogP contribution in [0.5, 0.6) is 5.75 Å². The molecule has 5 heteroatoms. The van der Waals surface area contributed by atoms with Crippen LogP contribution in [0.2, 0.25) is 0 Å². The Morgan fingerprint density at radius 3 is 2.19 bits per heavy atom. The fourth-order valence-electron chi connectivity index (χ4n) is 1.72. The van der Waals surface area contributed by atoms with Crippen LogP contribution in [0.4, 0.5) is 4.39 Å². The van der Waals surface area contributed by atoms with Crippen molar-refractivity contribution >= 4 is 11.9 Å². The molecule has 0 saturated heterocycles. The van der Waals surface area contributed by atoms with E-state index in [0.29, 0.717) is 5.56 Å². The molecule has 0 saturated carbocycles. The van der Waals surface area contributed by atoms with Crippen molar-refractivity contribution in [3.05, 3.63) is 66.0 Å². The number of carbonyl (C=O) groups excluding carboxylic acids is 2. The molecule has 0 radical (unpaired) electrons. The van der Waals surface area contributed by atoms with Crippen molar-refractivity contribution in [2.45, 2.75) is 13.0 Å². The molecule has 0 aliphatic rings. The van der Waals surface area contributed by atoms with Crippen LogP contribution in [0.25, 0.3) is 0 Å². The van der Waals surface area contributed by atoms with Gasteiger partial charge in [0.25, 0.3) is 0 Å². The SMILES string of the molecule is CC(=O)O[C@H](C(=O)Oc1ccc(F)cc1)c1ccccc1. The minimum atomic E-state index is -1.16. The van der Waals surface area contributed by atoms with Gasteiger partial charge in [-0.2, -0.15) is 0 Å². The molecular weight excluding hydrogens is 275 g/mol. The molecule has 0 amide bonds. The van der Waals surface area contributed by atoms with E-state index in [2.05, 4.69) is 0 Å². The Morgan fingerprint density at radius 2 is 1.62 bits per heavy atom. The third-order valence-electron chi connectivity index (χ3n) is 2.63. The van der Waals surface area contributed by atoms with Crippen LogP contribution in [0.15, 0.2) is 54.6 Å². The van der Waals surface area contributed by atoms with Crippen LogP contribution in [0.1, 0.15) is 18.6 Å². The Labute approximate surface area is 121 Å². The number of hydrogen-bond donors (Lipinski definition) is 0. The Hall–Kier alpha value is -2.69. The van der Waals surface area contributed by atoms with Gasteiger partial charge in [0.05, 0.1) is 0 Å². The lowest BCUT2D eigenvalue weighted by Gasteiger charge is -2.16. The molecule has 0 fully saturated rings. The lowest BCUT2D eigenvalue weighted by molar-refractivity contribution is -0.161. The summed E-state index contributed by atoms with van der Waals surface area (Å²) in [5.41, 5.74) is 0.500. The number of benzene rings is 2. The fraction of sp³-hybridized carbons (Fsp3) is 0.125. The number of rotatable bonds is 4. The molecule has 2 aromatic rings. The quantitative estimate of drug-likeness (QED) is 0.641. The molecule has 0 N–H and O–H groups in total. The predicted molar refractivity (Wildman–Crippen MR) is 73.0 cm³/mol. The maximum atomic E-state index is 12.8. The summed E-state index contributed by atoms with van der Waals surface area (Å²) in [5, 5.41) is 0. The average molecular weight is 288 g/mol. The van der Waals surface area contributed by atoms with Crippen LogP contribution in [0, 0.1) is 5.82 Å². The lowest BCUT2D eigenvalue weighted by atomic mass is 10.1. The van der Waals surface area contributed by atoms with Gasteiger partial charge in [-0.05, 0) is 24.3 Å². The molecule has 0 heterocycles. The van der Waals surface area contributed by atoms with Crippen molar-refractivity contribution in [1.29, 1.82) is 0 Å². The van der Waals surface area contributed by atoms with Gasteiger partial charge in [-0.25, -0.2) is 9.18 Å². The van der Waals surface area contributed by atoms with E-state index in [4.69, 9.17) is 9.47 Å². The second-order valence-electron chi connectivity index (χ2n) is 4.28. The molecule has 1 atom stereocenters. The van der Waals surface area contributed by atoms with E-state index in [-0.39, 0.29) is 5.75 Å². The van der Waals surface area contributed by atoms with E-state index in [1.54, 1.807) is 30.3 Å². The van der Waals surface area contributed by atoms with Gasteiger partial charge in [0.2, 0.25) is 6.10 Å². The average Bonchev–Trinajstić information content (AvgIpc) is 2.48. The summed E-state index contributed by atoms with van der Waals surface area (Å²) in [7, 11) is 0. The van der Waals surface area contributed by atoms with Gasteiger partial charge in [-0.15, -0.1) is 0 Å². The standard InChI is InChI=1S/C16H13FO4/c1-11(18)20-15(12-5-3-2-4-6-12)16(19)21-14-9-7-13(17)8-10-14/h2-10,15H,1H3/t15-/m0/s1. The number of ether oxygens (including phenoxy) is 2. The summed E-state index contributed by atoms with van der Waals surface area (Å²) >= 11 is 0. The van der Waals surface area contributed by atoms with Crippen molar-refractivity contribution in [3.63, 3.8) is 0 Å². The van der Waals surface area contributed by atoms with Crippen LogP contribution >= 0.6 is 0 Å². The van der Waals surface area contributed by atoms with Crippen molar-refractivity contribution in [2.75, 3.05) is 0 Å². The topological polar surface area (TPSA) is 52.6 Å². The first-order valence-electron chi connectivity index (χ1n) is 6.25. The highest BCUT2D eigenvalue weighted by atomic mass is 19.1. The van der Waals surface area contributed by atoms with Crippen molar-refractivity contribution in [2.24, 2.45) is 0 Å². The van der Waals surface area contributed by atoms with E-state index in [0.717, 1.165) is 0 Å². The Kier molecular flexibility index (Phi) is 4.66. The normalized spacial score (nSPS) is 11.5. The van der Waals surface area contributed by atoms with Gasteiger partial charge >= 0.3 is 11.9 Å². The molecule has 0 bridgehead atoms. The smallest absolute Gasteiger partial charge is 0.357 e. The molecule has 0 aromatic heterocycles. The van der Waals surface area contributed by atoms with Crippen molar-refractivity contribution in [3.8, 4) is 5.75 Å². The van der Waals surface area contributed by atoms with Gasteiger partial charge in [0, 0.05) is 12.5 Å². The van der Waals surface area contributed by atoms with Gasteiger partial charge < -0.3 is 9.47 Å². The second kappa shape index (κ2) is 6.65. The van der Waals surface area contributed by atoms with E-state index in [1.165, 1.54) is 31.2 Å². The minimum absolute atomic E-state index is 0.175. The molecule has 0 aliphatic heterocycles. The molecule has 4 nitrogen and oxygen atoms in total. The number of hydrogen-bond acceptors (Lipinski definition) is 4. The Morgan fingerprint density at radius 1 is 1.00 bits per heavy atom. The van der Waals surface area contributed by atoms with Gasteiger partial charge in [-0.3, -0.25) is 4.79 Å². The summed E-state index contributed by atoms with van der Waals surface area (Å²) < 4.78 is 22.9. The first-order chi connectivity index (χ1) is 10.1. The van der Waals surface area contributed by atoms with E-state index >= 15 is 0 Å². The van der Waals surface area contributed by atoms with Crippen LogP contribution in [0.3, 0.4) is 0 Å². The third-order valence-corrected chi connectivity index (χ3v) is 2.63. The molecule has 2 rings (SSSR count). The van der Waals surface area contributed by atoms with Crippen molar-refractivity contribution in [1.82, 2.24) is 0 Å². The Bertz CT molecular complexity index is 622. The summed E-state index contributed by atoms with van der Waals surface area (Å²) in [6.07, 6.45) is -1.16. The monoisotopic (exact) mass is 288 g/mol. The van der Waals surface area contributed by atoms with Gasteiger partial charge in [0.1, 0.15) is 11.6 Å². The molecule has 21 heavy (non-hydrogen) atoms. The van der Waals surface area contributed by atoms with Crippen LogP contribution in [-0.2, 0) is 14.3 Å². The zero-order chi connectivity index (χ0) is 15.2. The third kappa shape index (κ3) is 4.14. The van der Waals surface area contributed by atoms with Crippen LogP contribution < -0.4 is 4.74 Å². The number of halogens is 1. The maximum Gasteiger partial charge on any atom is 0.357 e. The number of esters is 2. The van der Waals surface area contributed by atoms with Crippen molar-refractivity contribution < 1.29 is 23.5 Å². The summed E-state index contributed by atoms with van der Waals surface area (Å²) in [6.45, 7) is 1.21. The van der Waals surface area contributed by atoms with E-state index in [9.17, 15) is 14.0 Å². The summed E-state index contributed by atoms with van der Waals surface area (Å²) in [6, 6.07) is 13.5. The van der Waals surface area contributed by atoms with E-state index < -0.39 is 23.9 Å². The maximum absolute atomic E-state index is 12.8. The largest absolute Gasteiger partial charge is 0.446 e. The molecular formula is C16H13FO4. The second-order valence-corrected chi connectivity index (χ2v) is 4.28. The van der Waals surface area contributed by atoms with Crippen LogP contribution in [-0.4, -0.2) is 11.9 Å². The predicted octanol–water partition coefficient (Wildman–Crippen LogP) is 3.04. The highest BCUT2D eigenvalue weighted by molar-refractivity contribution is 5.81. The van der Waals surface area contributed by atoms with Gasteiger partial charge in [-0.1, -0.05) is 30.3 Å². The van der Waals surface area contributed by atoms with E-state index in [1.807, 2.05) is 0 Å². The molecule has 108 valence electrons. The molecule has 0 spiro atoms. The summed E-state index contributed by atoms with van der Waals surface area (Å²) in [4.78, 5) is 23.3. The molecule has 0 aliphatic carbocycles. The minimum Gasteiger partial charge on any atom is -0.446 e. The highest BCUT2D eigenvalue weighted by Gasteiger charge is 2.25. The molecule has 0 unspecified atom stereocenters. The summed E-state index contributed by atoms with van der Waals surface area (Å²) in [5.74, 6) is -1.60. The highest BCUT2D eigenvalue weighted by Crippen LogP contribution is 2.21. The first kappa shape index (κ1) is 14.7. The zero-order valence-corrected chi connectivity index (χ0v) is 11.3. The molecule has 2 aromatic carbocycles. The van der Waals surface area contributed by atoms with Gasteiger partial charge in [0.15, 0.2) is 0 Å². The number of carbonyl (C=O) groups is 2.